The van der Waals surface area contributed by atoms with Crippen LogP contribution < -0.4 is 0 Å². The zero-order valence-corrected chi connectivity index (χ0v) is 11.7. The minimum absolute atomic E-state index is 0.0202. The number of benzene rings is 1. The Morgan fingerprint density at radius 3 is 2.78 bits per heavy atom. The molecule has 0 radical (unpaired) electrons. The lowest BCUT2D eigenvalue weighted by Gasteiger charge is -1.97. The van der Waals surface area contributed by atoms with Crippen LogP contribution in [0.15, 0.2) is 47.3 Å². The van der Waals surface area contributed by atoms with Crippen molar-refractivity contribution in [1.29, 1.82) is 0 Å². The molecule has 2 N–H and O–H groups in total. The summed E-state index contributed by atoms with van der Waals surface area (Å²) in [7, 11) is 0. The maximum Gasteiger partial charge on any atom is 0.226 e. The molecule has 7 nitrogen and oxygen atoms in total. The number of oxazole rings is 1. The molecule has 2 heterocycles. The van der Waals surface area contributed by atoms with Gasteiger partial charge in [-0.25, -0.2) is 14.4 Å². The normalized spacial score (nSPS) is 11.6. The van der Waals surface area contributed by atoms with Gasteiger partial charge in [-0.1, -0.05) is 12.1 Å². The van der Waals surface area contributed by atoms with E-state index in [9.17, 15) is 14.3 Å². The van der Waals surface area contributed by atoms with Gasteiger partial charge < -0.3 is 9.52 Å². The van der Waals surface area contributed by atoms with Gasteiger partial charge in [0.25, 0.3) is 0 Å². The maximum absolute atomic E-state index is 12.8. The number of carbonyl (C=O) groups is 1. The van der Waals surface area contributed by atoms with Crippen molar-refractivity contribution in [2.24, 2.45) is 0 Å². The van der Waals surface area contributed by atoms with E-state index in [1.807, 2.05) is 0 Å². The number of allylic oxidation sites excluding steroid dienone is 1. The third-order valence-electron chi connectivity index (χ3n) is 2.99. The van der Waals surface area contributed by atoms with Gasteiger partial charge in [-0.2, -0.15) is 5.10 Å². The van der Waals surface area contributed by atoms with Crippen molar-refractivity contribution in [2.75, 3.05) is 0 Å². The highest BCUT2D eigenvalue weighted by molar-refractivity contribution is 6.05. The van der Waals surface area contributed by atoms with Crippen molar-refractivity contribution >= 4 is 11.5 Å². The molecule has 0 unspecified atom stereocenters. The molecule has 2 aromatic heterocycles. The molecule has 0 aliphatic carbocycles. The smallest absolute Gasteiger partial charge is 0.226 e. The summed E-state index contributed by atoms with van der Waals surface area (Å²) in [6.45, 7) is 0. The fourth-order valence-electron chi connectivity index (χ4n) is 1.88. The monoisotopic (exact) mass is 314 g/mol. The van der Waals surface area contributed by atoms with Gasteiger partial charge in [0.15, 0.2) is 23.2 Å². The van der Waals surface area contributed by atoms with Gasteiger partial charge in [0, 0.05) is 12.5 Å². The number of rotatable bonds is 5. The van der Waals surface area contributed by atoms with E-state index in [1.54, 1.807) is 12.1 Å². The van der Waals surface area contributed by atoms with Gasteiger partial charge in [-0.15, -0.1) is 0 Å². The SMILES string of the molecule is O=C(C=C(O)c1ncn[nH]1)c1cnc(Cc2ccc(F)cc2)o1. The second kappa shape index (κ2) is 6.22. The first kappa shape index (κ1) is 14.6. The van der Waals surface area contributed by atoms with Crippen molar-refractivity contribution in [1.82, 2.24) is 20.2 Å². The Hall–Kier alpha value is -3.29. The Morgan fingerprint density at radius 2 is 2.09 bits per heavy atom. The van der Waals surface area contributed by atoms with E-state index in [4.69, 9.17) is 4.42 Å². The molecule has 0 atom stereocenters. The van der Waals surface area contributed by atoms with Crippen LogP contribution in [0.5, 0.6) is 0 Å². The van der Waals surface area contributed by atoms with Crippen molar-refractivity contribution in [3.63, 3.8) is 0 Å². The van der Waals surface area contributed by atoms with Gasteiger partial charge in [0.2, 0.25) is 5.78 Å². The summed E-state index contributed by atoms with van der Waals surface area (Å²) in [4.78, 5) is 19.7. The summed E-state index contributed by atoms with van der Waals surface area (Å²) in [6, 6.07) is 5.89. The molecule has 3 aromatic rings. The molecule has 0 saturated heterocycles. The van der Waals surface area contributed by atoms with Crippen LogP contribution in [-0.4, -0.2) is 31.1 Å². The highest BCUT2D eigenvalue weighted by Crippen LogP contribution is 2.13. The van der Waals surface area contributed by atoms with Gasteiger partial charge in [-0.3, -0.25) is 9.89 Å². The van der Waals surface area contributed by atoms with Crippen LogP contribution in [0.3, 0.4) is 0 Å². The molecular formula is C15H11FN4O3. The standard InChI is InChI=1S/C15H11FN4O3/c16-10-3-1-9(2-4-10)5-14-17-7-13(23-14)11(21)6-12(22)15-18-8-19-20-15/h1-4,6-8,22H,5H2,(H,18,19,20). The van der Waals surface area contributed by atoms with Crippen LogP contribution in [0.1, 0.15) is 27.8 Å². The fourth-order valence-corrected chi connectivity index (χ4v) is 1.88. The summed E-state index contributed by atoms with van der Waals surface area (Å²) < 4.78 is 18.2. The van der Waals surface area contributed by atoms with Crippen LogP contribution in [0.4, 0.5) is 4.39 Å². The first-order valence-electron chi connectivity index (χ1n) is 6.61. The number of hydrogen-bond acceptors (Lipinski definition) is 6. The molecule has 3 rings (SSSR count). The number of nitrogens with one attached hydrogen (secondary N) is 1. The summed E-state index contributed by atoms with van der Waals surface area (Å²) in [6.07, 6.45) is 3.76. The zero-order chi connectivity index (χ0) is 16.2. The quantitative estimate of drug-likeness (QED) is 0.425. The molecule has 1 aromatic carbocycles. The first-order valence-corrected chi connectivity index (χ1v) is 6.61. The second-order valence-electron chi connectivity index (χ2n) is 4.65. The highest BCUT2D eigenvalue weighted by atomic mass is 19.1. The number of aromatic nitrogens is 4. The Balaban J connectivity index is 1.72. The van der Waals surface area contributed by atoms with Crippen molar-refractivity contribution in [2.45, 2.75) is 6.42 Å². The number of aromatic amines is 1. The molecule has 0 bridgehead atoms. The van der Waals surface area contributed by atoms with Gasteiger partial charge in [0.1, 0.15) is 12.1 Å². The number of ketones is 1. The summed E-state index contributed by atoms with van der Waals surface area (Å²) in [5, 5.41) is 15.7. The van der Waals surface area contributed by atoms with Crippen LogP contribution in [-0.2, 0) is 6.42 Å². The Kier molecular flexibility index (Phi) is 3.96. The number of aliphatic hydroxyl groups is 1. The van der Waals surface area contributed by atoms with Crippen molar-refractivity contribution in [3.8, 4) is 0 Å². The molecule has 0 amide bonds. The number of nitrogens with zero attached hydrogens (tertiary/aromatic N) is 3. The second-order valence-corrected chi connectivity index (χ2v) is 4.65. The maximum atomic E-state index is 12.8. The number of hydrogen-bond donors (Lipinski definition) is 2. The Bertz CT molecular complexity index is 838. The molecule has 23 heavy (non-hydrogen) atoms. The minimum Gasteiger partial charge on any atom is -0.504 e. The molecular weight excluding hydrogens is 303 g/mol. The topological polar surface area (TPSA) is 105 Å². The lowest BCUT2D eigenvalue weighted by atomic mass is 10.1. The van der Waals surface area contributed by atoms with Crippen molar-refractivity contribution in [3.05, 3.63) is 71.7 Å². The number of halogens is 1. The van der Waals surface area contributed by atoms with Gasteiger partial charge in [0.05, 0.1) is 6.20 Å². The third kappa shape index (κ3) is 3.49. The number of carbonyl (C=O) groups excluding carboxylic acids is 1. The van der Waals surface area contributed by atoms with E-state index in [2.05, 4.69) is 20.2 Å². The highest BCUT2D eigenvalue weighted by Gasteiger charge is 2.13. The number of H-pyrrole nitrogens is 1. The molecule has 116 valence electrons. The van der Waals surface area contributed by atoms with Gasteiger partial charge in [-0.05, 0) is 17.7 Å². The fraction of sp³-hybridized carbons (Fsp3) is 0.0667. The predicted molar refractivity (Wildman–Crippen MR) is 77.0 cm³/mol. The van der Waals surface area contributed by atoms with Crippen LogP contribution in [0.2, 0.25) is 0 Å². The first-order chi connectivity index (χ1) is 11.1. The molecule has 0 saturated carbocycles. The van der Waals surface area contributed by atoms with Crippen LogP contribution >= 0.6 is 0 Å². The van der Waals surface area contributed by atoms with E-state index >= 15 is 0 Å². The molecule has 0 aliphatic heterocycles. The Labute approximate surface area is 129 Å². The summed E-state index contributed by atoms with van der Waals surface area (Å²) in [5.74, 6) is -0.879. The summed E-state index contributed by atoms with van der Waals surface area (Å²) in [5.41, 5.74) is 0.798. The summed E-state index contributed by atoms with van der Waals surface area (Å²) >= 11 is 0. The van der Waals surface area contributed by atoms with Crippen LogP contribution in [0, 0.1) is 5.82 Å². The van der Waals surface area contributed by atoms with E-state index in [-0.39, 0.29) is 23.2 Å². The zero-order valence-electron chi connectivity index (χ0n) is 11.7. The molecule has 0 aliphatic rings. The molecule has 0 fully saturated rings. The number of aliphatic hydroxyl groups excluding tert-OH is 1. The molecule has 8 heteroatoms. The van der Waals surface area contributed by atoms with E-state index in [0.717, 1.165) is 11.6 Å². The van der Waals surface area contributed by atoms with E-state index in [0.29, 0.717) is 12.3 Å². The van der Waals surface area contributed by atoms with E-state index < -0.39 is 5.78 Å². The average molecular weight is 314 g/mol. The largest absolute Gasteiger partial charge is 0.504 e. The third-order valence-corrected chi connectivity index (χ3v) is 2.99. The van der Waals surface area contributed by atoms with Crippen molar-refractivity contribution < 1.29 is 18.7 Å². The predicted octanol–water partition coefficient (Wildman–Crippen LogP) is 2.30. The molecule has 0 spiro atoms. The average Bonchev–Trinajstić information content (AvgIpc) is 3.21. The minimum atomic E-state index is -0.559. The lowest BCUT2D eigenvalue weighted by molar-refractivity contribution is 0.101. The Morgan fingerprint density at radius 1 is 1.30 bits per heavy atom. The van der Waals surface area contributed by atoms with E-state index in [1.165, 1.54) is 24.7 Å². The van der Waals surface area contributed by atoms with Crippen LogP contribution in [0.25, 0.3) is 5.76 Å². The van der Waals surface area contributed by atoms with Gasteiger partial charge >= 0.3 is 0 Å². The lowest BCUT2D eigenvalue weighted by Crippen LogP contribution is -1.96.